The molecule has 6 rings (SSSR count). The number of aliphatic hydroxyl groups excluding tert-OH is 1. The number of benzene rings is 1. The van der Waals surface area contributed by atoms with Crippen LogP contribution in [0.25, 0.3) is 0 Å². The number of fused-ring (bicyclic) bond motifs is 3. The Morgan fingerprint density at radius 1 is 1.20 bits per heavy atom. The van der Waals surface area contributed by atoms with Gasteiger partial charge in [0.1, 0.15) is 5.41 Å². The van der Waals surface area contributed by atoms with Crippen LogP contribution in [0.5, 0.6) is 0 Å². The normalized spacial score (nSPS) is 31.7. The molecule has 0 unspecified atom stereocenters. The molecule has 8 nitrogen and oxygen atoms in total. The van der Waals surface area contributed by atoms with E-state index < -0.39 is 28.7 Å². The Bertz CT molecular complexity index is 1370. The summed E-state index contributed by atoms with van der Waals surface area (Å²) in [4.78, 5) is 32.6. The van der Waals surface area contributed by atoms with Gasteiger partial charge in [0.15, 0.2) is 11.0 Å². The maximum absolute atomic E-state index is 16.0. The molecule has 1 aromatic carbocycles. The van der Waals surface area contributed by atoms with Crippen molar-refractivity contribution in [3.05, 3.63) is 57.6 Å². The maximum atomic E-state index is 16.0. The predicted molar refractivity (Wildman–Crippen MR) is 154 cm³/mol. The molecule has 2 aromatic rings. The van der Waals surface area contributed by atoms with Crippen LogP contribution in [0.15, 0.2) is 30.5 Å². The summed E-state index contributed by atoms with van der Waals surface area (Å²) in [6, 6.07) is 5.57. The molecule has 2 amide bonds. The van der Waals surface area contributed by atoms with Gasteiger partial charge in [-0.15, -0.1) is 0 Å². The van der Waals surface area contributed by atoms with Crippen LogP contribution in [0.1, 0.15) is 69.4 Å². The number of carbonyl (C=O) groups is 2. The van der Waals surface area contributed by atoms with E-state index in [2.05, 4.69) is 34.8 Å². The van der Waals surface area contributed by atoms with Crippen LogP contribution < -0.4 is 16.0 Å². The fraction of sp³-hybridized carbons (Fsp3) is 0.567. The summed E-state index contributed by atoms with van der Waals surface area (Å²) in [5, 5.41) is 19.4. The minimum Gasteiger partial charge on any atom is -0.394 e. The Labute approximate surface area is 248 Å². The Balaban J connectivity index is 1.51. The highest BCUT2D eigenvalue weighted by Crippen LogP contribution is 2.64. The van der Waals surface area contributed by atoms with Crippen LogP contribution >= 0.6 is 23.2 Å². The molecular weight excluding hydrogens is 570 g/mol. The maximum Gasteiger partial charge on any atom is 0.238 e. The van der Waals surface area contributed by atoms with E-state index >= 15 is 4.39 Å². The van der Waals surface area contributed by atoms with E-state index in [1.54, 1.807) is 12.1 Å². The van der Waals surface area contributed by atoms with Gasteiger partial charge < -0.3 is 20.5 Å². The fourth-order valence-electron chi connectivity index (χ4n) is 7.68. The van der Waals surface area contributed by atoms with E-state index in [0.717, 1.165) is 12.8 Å². The van der Waals surface area contributed by atoms with E-state index in [1.807, 2.05) is 6.07 Å². The van der Waals surface area contributed by atoms with Crippen molar-refractivity contribution in [2.24, 2.45) is 5.41 Å². The molecule has 0 bridgehead atoms. The second-order valence-corrected chi connectivity index (χ2v) is 13.5. The van der Waals surface area contributed by atoms with Gasteiger partial charge in [0.05, 0.1) is 31.4 Å². The number of anilines is 1. The molecular formula is C30H35Cl2FN4O4. The molecule has 4 aliphatic rings. The molecule has 2 spiro atoms. The molecule has 220 valence electrons. The molecule has 1 saturated carbocycles. The van der Waals surface area contributed by atoms with Gasteiger partial charge in [0.25, 0.3) is 0 Å². The number of pyridine rings is 1. The van der Waals surface area contributed by atoms with E-state index in [9.17, 15) is 14.7 Å². The summed E-state index contributed by atoms with van der Waals surface area (Å²) >= 11 is 12.6. The smallest absolute Gasteiger partial charge is 0.238 e. The van der Waals surface area contributed by atoms with Gasteiger partial charge in [-0.25, -0.2) is 9.37 Å². The number of halogens is 3. The molecule has 11 heteroatoms. The van der Waals surface area contributed by atoms with Gasteiger partial charge in [-0.05, 0) is 73.3 Å². The summed E-state index contributed by atoms with van der Waals surface area (Å²) in [7, 11) is 0. The summed E-state index contributed by atoms with van der Waals surface area (Å²) in [5.41, 5.74) is -0.685. The highest BCUT2D eigenvalue weighted by atomic mass is 35.5. The van der Waals surface area contributed by atoms with Crippen molar-refractivity contribution in [1.29, 1.82) is 0 Å². The number of aromatic nitrogens is 1. The molecule has 4 N–H and O–H groups in total. The lowest BCUT2D eigenvalue weighted by molar-refractivity contribution is -0.126. The summed E-state index contributed by atoms with van der Waals surface area (Å²) in [6.07, 6.45) is 5.26. The van der Waals surface area contributed by atoms with Crippen molar-refractivity contribution >= 4 is 40.7 Å². The summed E-state index contributed by atoms with van der Waals surface area (Å²) in [5.74, 6) is -2.30. The molecule has 3 fully saturated rings. The number of amides is 2. The first-order valence-electron chi connectivity index (χ1n) is 14.2. The monoisotopic (exact) mass is 604 g/mol. The number of ether oxygens (including phenoxy) is 1. The Hall–Kier alpha value is -2.30. The lowest BCUT2D eigenvalue weighted by Gasteiger charge is -2.50. The first-order chi connectivity index (χ1) is 19.5. The molecule has 0 radical (unpaired) electrons. The molecule has 1 aliphatic carbocycles. The molecule has 41 heavy (non-hydrogen) atoms. The van der Waals surface area contributed by atoms with Crippen molar-refractivity contribution in [3.63, 3.8) is 0 Å². The number of nitrogens with one attached hydrogen (secondary N) is 3. The second kappa shape index (κ2) is 10.5. The van der Waals surface area contributed by atoms with Gasteiger partial charge in [0, 0.05) is 28.4 Å². The highest BCUT2D eigenvalue weighted by Gasteiger charge is 2.73. The Kier molecular flexibility index (Phi) is 7.34. The molecule has 3 aliphatic heterocycles. The third-order valence-corrected chi connectivity index (χ3v) is 10.4. The first kappa shape index (κ1) is 28.8. The summed E-state index contributed by atoms with van der Waals surface area (Å²) < 4.78 is 21.7. The zero-order valence-corrected chi connectivity index (χ0v) is 24.6. The molecule has 5 atom stereocenters. The van der Waals surface area contributed by atoms with Crippen molar-refractivity contribution in [2.45, 2.75) is 87.4 Å². The number of nitrogens with zero attached hydrogens (tertiary/aromatic N) is 1. The minimum absolute atomic E-state index is 0.0514. The zero-order chi connectivity index (χ0) is 29.2. The Morgan fingerprint density at radius 2 is 1.95 bits per heavy atom. The topological polar surface area (TPSA) is 113 Å². The third kappa shape index (κ3) is 4.56. The minimum atomic E-state index is -1.32. The van der Waals surface area contributed by atoms with Gasteiger partial charge >= 0.3 is 0 Å². The van der Waals surface area contributed by atoms with E-state index in [-0.39, 0.29) is 53.3 Å². The lowest BCUT2D eigenvalue weighted by Crippen LogP contribution is -2.61. The van der Waals surface area contributed by atoms with Crippen LogP contribution in [0.4, 0.5) is 10.1 Å². The average molecular weight is 606 g/mol. The lowest BCUT2D eigenvalue weighted by atomic mass is 9.53. The van der Waals surface area contributed by atoms with Gasteiger partial charge in [-0.2, -0.15) is 0 Å². The first-order valence-corrected chi connectivity index (χ1v) is 15.0. The number of carbonyl (C=O) groups excluding carboxylic acids is 2. The fourth-order valence-corrected chi connectivity index (χ4v) is 8.02. The van der Waals surface area contributed by atoms with E-state index in [0.29, 0.717) is 42.0 Å². The Morgan fingerprint density at radius 3 is 2.63 bits per heavy atom. The summed E-state index contributed by atoms with van der Waals surface area (Å²) in [6.45, 7) is 4.60. The third-order valence-electron chi connectivity index (χ3n) is 9.87. The van der Waals surface area contributed by atoms with Crippen molar-refractivity contribution in [2.75, 3.05) is 18.5 Å². The quantitative estimate of drug-likeness (QED) is 0.383. The molecule has 4 heterocycles. The number of hydrogen-bond acceptors (Lipinski definition) is 6. The highest BCUT2D eigenvalue weighted by molar-refractivity contribution is 6.31. The SMILES string of the molecule is CC1(C)CCC2(CC1)N[C@@H](C(=O)N[C@@H]1CC[C@@H](CO)OC1)[C@H](c1ccnc(Cl)c1F)[C@]21C(=O)Nc2cc(Cl)ccc21. The van der Waals surface area contributed by atoms with Crippen LogP contribution in [-0.2, 0) is 19.7 Å². The van der Waals surface area contributed by atoms with Crippen LogP contribution in [0.3, 0.4) is 0 Å². The van der Waals surface area contributed by atoms with Gasteiger partial charge in [-0.3, -0.25) is 14.9 Å². The largest absolute Gasteiger partial charge is 0.394 e. The zero-order valence-electron chi connectivity index (χ0n) is 23.1. The second-order valence-electron chi connectivity index (χ2n) is 12.7. The van der Waals surface area contributed by atoms with Gasteiger partial charge in [0.2, 0.25) is 11.8 Å². The average Bonchev–Trinajstić information content (AvgIpc) is 3.40. The van der Waals surface area contributed by atoms with Crippen molar-refractivity contribution in [3.8, 4) is 0 Å². The number of aliphatic hydroxyl groups is 1. The van der Waals surface area contributed by atoms with E-state index in [1.165, 1.54) is 12.3 Å². The number of rotatable bonds is 4. The van der Waals surface area contributed by atoms with Gasteiger partial charge in [-0.1, -0.05) is 43.1 Å². The molecule has 1 aromatic heterocycles. The van der Waals surface area contributed by atoms with Crippen LogP contribution in [0, 0.1) is 11.2 Å². The molecule has 2 saturated heterocycles. The van der Waals surface area contributed by atoms with Crippen LogP contribution in [0.2, 0.25) is 10.2 Å². The van der Waals surface area contributed by atoms with Crippen LogP contribution in [-0.4, -0.2) is 58.8 Å². The van der Waals surface area contributed by atoms with Crippen molar-refractivity contribution in [1.82, 2.24) is 15.6 Å². The standard InChI is InChI=1S/C30H35Cl2FN4O4/c1-28(2)8-10-29(11-9-28)30(20-6-3-16(31)13-21(20)36-27(30)40)22(19-7-12-34-25(32)23(19)33)24(37-29)26(39)35-17-4-5-18(14-38)41-15-17/h3,6-7,12-13,17-18,22,24,37-38H,4-5,8-11,14-15H2,1-2H3,(H,35,39)(H,36,40)/t17-,18+,22+,24-,30-/m1/s1. The predicted octanol–water partition coefficient (Wildman–Crippen LogP) is 4.47. The number of hydrogen-bond donors (Lipinski definition) is 4. The van der Waals surface area contributed by atoms with Crippen molar-refractivity contribution < 1.29 is 23.8 Å². The van der Waals surface area contributed by atoms with E-state index in [4.69, 9.17) is 27.9 Å².